The fourth-order valence-electron chi connectivity index (χ4n) is 3.36. The molecule has 1 aliphatic heterocycles. The first-order chi connectivity index (χ1) is 14.7. The first-order valence-corrected chi connectivity index (χ1v) is 12.1. The van der Waals surface area contributed by atoms with Crippen molar-refractivity contribution in [3.63, 3.8) is 0 Å². The Labute approximate surface area is 189 Å². The normalized spacial score (nSPS) is 16.2. The number of hydrogen-bond acceptors (Lipinski definition) is 5. The van der Waals surface area contributed by atoms with Gasteiger partial charge in [-0.15, -0.1) is 0 Å². The lowest BCUT2D eigenvalue weighted by Crippen LogP contribution is -2.48. The number of amides is 1. The highest BCUT2D eigenvalue weighted by atomic mass is 35.5. The van der Waals surface area contributed by atoms with E-state index in [4.69, 9.17) is 16.3 Å². The Kier molecular flexibility index (Phi) is 7.46. The summed E-state index contributed by atoms with van der Waals surface area (Å²) >= 11 is 6.06. The first-order valence-electron chi connectivity index (χ1n) is 10.2. The van der Waals surface area contributed by atoms with Crippen LogP contribution in [0.4, 0.5) is 5.69 Å². The summed E-state index contributed by atoms with van der Waals surface area (Å²) in [7, 11) is -3.61. The second kappa shape index (κ2) is 9.89. The number of ether oxygens (including phenoxy) is 1. The summed E-state index contributed by atoms with van der Waals surface area (Å²) in [5.41, 5.74) is 0.988. The van der Waals surface area contributed by atoms with Gasteiger partial charge < -0.3 is 15.0 Å². The summed E-state index contributed by atoms with van der Waals surface area (Å²) in [5.74, 6) is 0.223. The zero-order chi connectivity index (χ0) is 22.6. The molecule has 1 saturated heterocycles. The highest BCUT2D eigenvalue weighted by Crippen LogP contribution is 2.24. The molecule has 7 nitrogen and oxygen atoms in total. The lowest BCUT2D eigenvalue weighted by Gasteiger charge is -2.35. The van der Waals surface area contributed by atoms with Gasteiger partial charge in [0.2, 0.25) is 10.0 Å². The summed E-state index contributed by atoms with van der Waals surface area (Å²) in [4.78, 5) is 14.3. The van der Waals surface area contributed by atoms with Gasteiger partial charge in [0, 0.05) is 42.9 Å². The fraction of sp³-hybridized carbons (Fsp3) is 0.409. The van der Waals surface area contributed by atoms with Crippen molar-refractivity contribution >= 4 is 33.2 Å². The molecule has 3 rings (SSSR count). The molecule has 0 radical (unpaired) electrons. The third-order valence-corrected chi connectivity index (χ3v) is 7.13. The van der Waals surface area contributed by atoms with Gasteiger partial charge in [0.1, 0.15) is 5.75 Å². The Bertz CT molecular complexity index is 1000. The quantitative estimate of drug-likeness (QED) is 0.679. The van der Waals surface area contributed by atoms with Crippen molar-refractivity contribution in [1.29, 1.82) is 0 Å². The summed E-state index contributed by atoms with van der Waals surface area (Å²) < 4.78 is 33.2. The number of piperazine rings is 1. The molecule has 1 aliphatic rings. The van der Waals surface area contributed by atoms with Crippen LogP contribution in [0.5, 0.6) is 5.75 Å². The van der Waals surface area contributed by atoms with Crippen LogP contribution in [0.3, 0.4) is 0 Å². The molecule has 0 bridgehead atoms. The highest BCUT2D eigenvalue weighted by molar-refractivity contribution is 7.89. The van der Waals surface area contributed by atoms with Crippen molar-refractivity contribution in [3.05, 3.63) is 53.6 Å². The first kappa shape index (κ1) is 23.4. The van der Waals surface area contributed by atoms with E-state index in [9.17, 15) is 13.2 Å². The van der Waals surface area contributed by atoms with Gasteiger partial charge in [-0.3, -0.25) is 4.79 Å². The topological polar surface area (TPSA) is 78.9 Å². The molecule has 0 aromatic heterocycles. The maximum absolute atomic E-state index is 13.0. The molecule has 2 aromatic carbocycles. The van der Waals surface area contributed by atoms with Gasteiger partial charge in [0.25, 0.3) is 5.91 Å². The minimum absolute atomic E-state index is 0.0189. The number of carbonyl (C=O) groups is 1. The van der Waals surface area contributed by atoms with Crippen LogP contribution in [0, 0.1) is 0 Å². The molecule has 1 amide bonds. The van der Waals surface area contributed by atoms with Crippen molar-refractivity contribution in [2.24, 2.45) is 0 Å². The average molecular weight is 466 g/mol. The lowest BCUT2D eigenvalue weighted by molar-refractivity contribution is -0.127. The van der Waals surface area contributed by atoms with Crippen molar-refractivity contribution in [1.82, 2.24) is 9.62 Å². The maximum Gasteiger partial charge on any atom is 0.260 e. The van der Waals surface area contributed by atoms with E-state index in [1.165, 1.54) is 16.4 Å². The van der Waals surface area contributed by atoms with Crippen LogP contribution >= 0.6 is 11.6 Å². The molecule has 0 spiro atoms. The smallest absolute Gasteiger partial charge is 0.260 e. The minimum Gasteiger partial charge on any atom is -0.481 e. The Balaban J connectivity index is 1.61. The average Bonchev–Trinajstić information content (AvgIpc) is 2.74. The van der Waals surface area contributed by atoms with Gasteiger partial charge >= 0.3 is 0 Å². The van der Waals surface area contributed by atoms with Gasteiger partial charge in [-0.05, 0) is 63.2 Å². The van der Waals surface area contributed by atoms with Crippen molar-refractivity contribution in [2.75, 3.05) is 31.1 Å². The van der Waals surface area contributed by atoms with Gasteiger partial charge in [0.05, 0.1) is 4.90 Å². The van der Waals surface area contributed by atoms with E-state index in [1.807, 2.05) is 38.1 Å². The number of nitrogens with zero attached hydrogens (tertiary/aromatic N) is 2. The van der Waals surface area contributed by atoms with Crippen molar-refractivity contribution in [2.45, 2.75) is 37.8 Å². The number of carbonyl (C=O) groups excluding carboxylic acids is 1. The monoisotopic (exact) mass is 465 g/mol. The van der Waals surface area contributed by atoms with Crippen LogP contribution in [0.2, 0.25) is 5.02 Å². The fourth-order valence-corrected chi connectivity index (χ4v) is 4.96. The number of nitrogens with one attached hydrogen (secondary N) is 1. The molecule has 0 unspecified atom stereocenters. The number of sulfonamides is 1. The van der Waals surface area contributed by atoms with Crippen LogP contribution < -0.4 is 15.0 Å². The minimum atomic E-state index is -3.61. The number of rotatable bonds is 7. The van der Waals surface area contributed by atoms with Crippen molar-refractivity contribution in [3.8, 4) is 5.75 Å². The molecule has 1 fully saturated rings. The SMILES string of the molecule is CC(C)NC(=O)[C@H](C)Oc1ccc(S(=O)(=O)N2CCN(c3cccc(Cl)c3)CC2)cc1. The Hall–Kier alpha value is -2.29. The van der Waals surface area contributed by atoms with Crippen LogP contribution in [0.25, 0.3) is 0 Å². The van der Waals surface area contributed by atoms with Crippen LogP contribution in [-0.2, 0) is 14.8 Å². The third kappa shape index (κ3) is 5.90. The van der Waals surface area contributed by atoms with E-state index in [0.29, 0.717) is 37.0 Å². The third-order valence-electron chi connectivity index (χ3n) is 4.99. The molecule has 1 atom stereocenters. The summed E-state index contributed by atoms with van der Waals surface area (Å²) in [5, 5.41) is 3.44. The van der Waals surface area contributed by atoms with E-state index >= 15 is 0 Å². The standard InChI is InChI=1S/C22H28ClN3O4S/c1-16(2)24-22(27)17(3)30-20-7-9-21(10-8-20)31(28,29)26-13-11-25(12-14-26)19-6-4-5-18(23)15-19/h4-10,15-17H,11-14H2,1-3H3,(H,24,27)/t17-/m0/s1. The number of anilines is 1. The molecule has 1 N–H and O–H groups in total. The van der Waals surface area contributed by atoms with Gasteiger partial charge in [-0.25, -0.2) is 8.42 Å². The summed E-state index contributed by atoms with van der Waals surface area (Å²) in [6.07, 6.45) is -0.676. The predicted octanol–water partition coefficient (Wildman–Crippen LogP) is 3.14. The Morgan fingerprint density at radius 3 is 2.26 bits per heavy atom. The number of benzene rings is 2. The molecule has 31 heavy (non-hydrogen) atoms. The molecular formula is C22H28ClN3O4S. The largest absolute Gasteiger partial charge is 0.481 e. The summed E-state index contributed by atoms with van der Waals surface area (Å²) in [6, 6.07) is 13.8. The van der Waals surface area contributed by atoms with E-state index in [-0.39, 0.29) is 16.8 Å². The van der Waals surface area contributed by atoms with Gasteiger partial charge in [0.15, 0.2) is 6.10 Å². The number of halogens is 1. The molecule has 168 valence electrons. The predicted molar refractivity (Wildman–Crippen MR) is 122 cm³/mol. The zero-order valence-electron chi connectivity index (χ0n) is 17.9. The molecular weight excluding hydrogens is 438 g/mol. The van der Waals surface area contributed by atoms with Gasteiger partial charge in [-0.2, -0.15) is 4.31 Å². The molecule has 1 heterocycles. The Morgan fingerprint density at radius 1 is 1.03 bits per heavy atom. The van der Waals surface area contributed by atoms with Crippen LogP contribution in [-0.4, -0.2) is 57.0 Å². The second-order valence-electron chi connectivity index (χ2n) is 7.77. The zero-order valence-corrected chi connectivity index (χ0v) is 19.5. The van der Waals surface area contributed by atoms with E-state index in [0.717, 1.165) is 5.69 Å². The van der Waals surface area contributed by atoms with E-state index < -0.39 is 16.1 Å². The number of hydrogen-bond donors (Lipinski definition) is 1. The van der Waals surface area contributed by atoms with Crippen molar-refractivity contribution < 1.29 is 17.9 Å². The molecule has 9 heteroatoms. The second-order valence-corrected chi connectivity index (χ2v) is 10.1. The van der Waals surface area contributed by atoms with E-state index in [2.05, 4.69) is 10.2 Å². The molecule has 0 saturated carbocycles. The molecule has 0 aliphatic carbocycles. The highest BCUT2D eigenvalue weighted by Gasteiger charge is 2.28. The van der Waals surface area contributed by atoms with Crippen LogP contribution in [0.1, 0.15) is 20.8 Å². The summed E-state index contributed by atoms with van der Waals surface area (Å²) in [6.45, 7) is 7.35. The van der Waals surface area contributed by atoms with Gasteiger partial charge in [-0.1, -0.05) is 17.7 Å². The maximum atomic E-state index is 13.0. The van der Waals surface area contributed by atoms with Crippen LogP contribution in [0.15, 0.2) is 53.4 Å². The molecule has 2 aromatic rings. The Morgan fingerprint density at radius 2 is 1.68 bits per heavy atom. The lowest BCUT2D eigenvalue weighted by atomic mass is 10.2. The van der Waals surface area contributed by atoms with E-state index in [1.54, 1.807) is 19.1 Å².